The third kappa shape index (κ3) is 2.61. The van der Waals surface area contributed by atoms with Crippen molar-refractivity contribution in [1.29, 1.82) is 0 Å². The minimum absolute atomic E-state index is 0.488. The summed E-state index contributed by atoms with van der Waals surface area (Å²) < 4.78 is 3.14. The van der Waals surface area contributed by atoms with E-state index >= 15 is 0 Å². The van der Waals surface area contributed by atoms with E-state index in [1.807, 2.05) is 6.20 Å². The van der Waals surface area contributed by atoms with Crippen molar-refractivity contribution in [2.75, 3.05) is 5.73 Å². The number of aromatic nitrogens is 2. The van der Waals surface area contributed by atoms with Crippen LogP contribution in [0.5, 0.6) is 0 Å². The Morgan fingerprint density at radius 2 is 2.18 bits per heavy atom. The van der Waals surface area contributed by atoms with Gasteiger partial charge in [-0.1, -0.05) is 27.2 Å². The van der Waals surface area contributed by atoms with Gasteiger partial charge in [-0.05, 0) is 53.2 Å². The van der Waals surface area contributed by atoms with Gasteiger partial charge in [0.25, 0.3) is 0 Å². The molecule has 1 fully saturated rings. The van der Waals surface area contributed by atoms with Crippen molar-refractivity contribution >= 4 is 28.4 Å². The fraction of sp³-hybridized carbons (Fsp3) is 0.769. The Morgan fingerprint density at radius 1 is 1.47 bits per heavy atom. The van der Waals surface area contributed by atoms with Crippen molar-refractivity contribution in [3.05, 3.63) is 9.77 Å². The number of nitrogens with two attached hydrogens (primary N) is 1. The fourth-order valence-electron chi connectivity index (χ4n) is 3.05. The van der Waals surface area contributed by atoms with E-state index in [1.165, 1.54) is 19.3 Å². The van der Waals surface area contributed by atoms with Gasteiger partial charge in [0.2, 0.25) is 0 Å². The van der Waals surface area contributed by atoms with Crippen LogP contribution < -0.4 is 5.73 Å². The van der Waals surface area contributed by atoms with E-state index in [9.17, 15) is 0 Å². The van der Waals surface area contributed by atoms with Crippen molar-refractivity contribution in [2.45, 2.75) is 46.1 Å². The van der Waals surface area contributed by atoms with Crippen molar-refractivity contribution in [3.8, 4) is 0 Å². The predicted octanol–water partition coefficient (Wildman–Crippen LogP) is 3.70. The minimum atomic E-state index is 0.488. The second-order valence-electron chi connectivity index (χ2n) is 5.72. The Kier molecular flexibility index (Phi) is 4.00. The van der Waals surface area contributed by atoms with Crippen LogP contribution in [0.3, 0.4) is 0 Å². The molecule has 0 aliphatic heterocycles. The fourth-order valence-corrected chi connectivity index (χ4v) is 3.42. The average molecular weight is 347 g/mol. The topological polar surface area (TPSA) is 43.8 Å². The molecule has 1 saturated carbocycles. The van der Waals surface area contributed by atoms with Gasteiger partial charge in [-0.15, -0.1) is 0 Å². The van der Waals surface area contributed by atoms with Crippen LogP contribution in [0.1, 0.15) is 46.1 Å². The lowest BCUT2D eigenvalue weighted by Gasteiger charge is -2.37. The van der Waals surface area contributed by atoms with Gasteiger partial charge in [0, 0.05) is 0 Å². The summed E-state index contributed by atoms with van der Waals surface area (Å²) in [6.45, 7) is 6.98. The average Bonchev–Trinajstić information content (AvgIpc) is 2.59. The van der Waals surface area contributed by atoms with Crippen LogP contribution in [0.4, 0.5) is 5.82 Å². The molecular formula is C13H22IN3. The first-order valence-electron chi connectivity index (χ1n) is 6.49. The molecule has 0 saturated heterocycles. The van der Waals surface area contributed by atoms with Gasteiger partial charge in [-0.25, -0.2) is 4.68 Å². The molecule has 0 radical (unpaired) electrons. The zero-order valence-electron chi connectivity index (χ0n) is 10.9. The van der Waals surface area contributed by atoms with Crippen molar-refractivity contribution in [3.63, 3.8) is 0 Å². The maximum atomic E-state index is 6.13. The van der Waals surface area contributed by atoms with Crippen molar-refractivity contribution in [2.24, 2.45) is 17.8 Å². The summed E-state index contributed by atoms with van der Waals surface area (Å²) in [5.74, 6) is 3.05. The molecule has 2 N–H and O–H groups in total. The van der Waals surface area contributed by atoms with Crippen molar-refractivity contribution in [1.82, 2.24) is 9.78 Å². The van der Waals surface area contributed by atoms with Crippen LogP contribution in [0.25, 0.3) is 0 Å². The zero-order valence-corrected chi connectivity index (χ0v) is 13.0. The summed E-state index contributed by atoms with van der Waals surface area (Å²) in [7, 11) is 0. The Morgan fingerprint density at radius 3 is 2.71 bits per heavy atom. The standard InChI is InChI=1S/C13H22IN3/c1-8(2)10-5-4-9(3)6-12(10)17-13(15)11(14)7-16-17/h7-10,12H,4-6,15H2,1-3H3. The lowest BCUT2D eigenvalue weighted by atomic mass is 9.74. The second-order valence-corrected chi connectivity index (χ2v) is 6.88. The van der Waals surface area contributed by atoms with Crippen LogP contribution in [0, 0.1) is 21.3 Å². The summed E-state index contributed by atoms with van der Waals surface area (Å²) in [5, 5.41) is 4.49. The molecule has 1 heterocycles. The molecule has 4 heteroatoms. The number of nitrogen functional groups attached to an aromatic ring is 1. The molecule has 0 spiro atoms. The number of hydrogen-bond acceptors (Lipinski definition) is 2. The van der Waals surface area contributed by atoms with Crippen LogP contribution in [-0.2, 0) is 0 Å². The third-order valence-corrected chi connectivity index (χ3v) is 4.92. The van der Waals surface area contributed by atoms with E-state index in [-0.39, 0.29) is 0 Å². The molecule has 0 amide bonds. The van der Waals surface area contributed by atoms with Crippen LogP contribution in [0.15, 0.2) is 6.20 Å². The molecule has 1 aliphatic rings. The molecule has 0 aromatic carbocycles. The van der Waals surface area contributed by atoms with E-state index in [0.717, 1.165) is 15.3 Å². The SMILES string of the molecule is CC1CCC(C(C)C)C(n2ncc(I)c2N)C1. The van der Waals surface area contributed by atoms with E-state index in [4.69, 9.17) is 5.73 Å². The van der Waals surface area contributed by atoms with E-state index < -0.39 is 0 Å². The summed E-state index contributed by atoms with van der Waals surface area (Å²) in [4.78, 5) is 0. The van der Waals surface area contributed by atoms with E-state index in [2.05, 4.69) is 53.1 Å². The van der Waals surface area contributed by atoms with Gasteiger partial charge in [0.15, 0.2) is 0 Å². The van der Waals surface area contributed by atoms with Gasteiger partial charge in [0.05, 0.1) is 15.8 Å². The Bertz CT molecular complexity index is 386. The Hall–Kier alpha value is -0.260. The highest BCUT2D eigenvalue weighted by Gasteiger charge is 2.33. The largest absolute Gasteiger partial charge is 0.383 e. The number of nitrogens with zero attached hydrogens (tertiary/aromatic N) is 2. The summed E-state index contributed by atoms with van der Waals surface area (Å²) in [5.41, 5.74) is 6.13. The molecular weight excluding hydrogens is 325 g/mol. The molecule has 96 valence electrons. The third-order valence-electron chi connectivity index (χ3n) is 4.09. The summed E-state index contributed by atoms with van der Waals surface area (Å²) in [6.07, 6.45) is 5.74. The monoisotopic (exact) mass is 347 g/mol. The lowest BCUT2D eigenvalue weighted by molar-refractivity contribution is 0.141. The molecule has 2 rings (SSSR count). The summed E-state index contributed by atoms with van der Waals surface area (Å²) >= 11 is 2.26. The van der Waals surface area contributed by atoms with E-state index in [0.29, 0.717) is 17.9 Å². The van der Waals surface area contributed by atoms with Gasteiger partial charge in [0.1, 0.15) is 5.82 Å². The predicted molar refractivity (Wildman–Crippen MR) is 79.7 cm³/mol. The second kappa shape index (κ2) is 5.16. The van der Waals surface area contributed by atoms with Crippen molar-refractivity contribution < 1.29 is 0 Å². The molecule has 3 nitrogen and oxygen atoms in total. The highest BCUT2D eigenvalue weighted by atomic mass is 127. The first kappa shape index (κ1) is 13.2. The quantitative estimate of drug-likeness (QED) is 0.829. The number of hydrogen-bond donors (Lipinski definition) is 1. The minimum Gasteiger partial charge on any atom is -0.383 e. The molecule has 0 bridgehead atoms. The molecule has 3 unspecified atom stereocenters. The zero-order chi connectivity index (χ0) is 12.6. The maximum absolute atomic E-state index is 6.13. The first-order valence-corrected chi connectivity index (χ1v) is 7.57. The number of halogens is 1. The first-order chi connectivity index (χ1) is 8.00. The highest BCUT2D eigenvalue weighted by molar-refractivity contribution is 14.1. The maximum Gasteiger partial charge on any atom is 0.135 e. The van der Waals surface area contributed by atoms with Crippen LogP contribution in [0.2, 0.25) is 0 Å². The van der Waals surface area contributed by atoms with Gasteiger partial charge < -0.3 is 5.73 Å². The highest BCUT2D eigenvalue weighted by Crippen LogP contribution is 2.41. The number of anilines is 1. The number of rotatable bonds is 2. The Labute approximate surface area is 117 Å². The molecule has 17 heavy (non-hydrogen) atoms. The Balaban J connectivity index is 2.29. The van der Waals surface area contributed by atoms with Gasteiger partial charge >= 0.3 is 0 Å². The van der Waals surface area contributed by atoms with Gasteiger partial charge in [-0.2, -0.15) is 5.10 Å². The van der Waals surface area contributed by atoms with E-state index in [1.54, 1.807) is 0 Å². The van der Waals surface area contributed by atoms with Crippen LogP contribution >= 0.6 is 22.6 Å². The smallest absolute Gasteiger partial charge is 0.135 e. The lowest BCUT2D eigenvalue weighted by Crippen LogP contribution is -2.31. The summed E-state index contributed by atoms with van der Waals surface area (Å²) in [6, 6.07) is 0.488. The van der Waals surface area contributed by atoms with Crippen LogP contribution in [-0.4, -0.2) is 9.78 Å². The molecule has 1 aromatic rings. The normalized spacial score (nSPS) is 29.8. The molecule has 1 aliphatic carbocycles. The molecule has 3 atom stereocenters. The van der Waals surface area contributed by atoms with Gasteiger partial charge in [-0.3, -0.25) is 0 Å². The molecule has 1 aromatic heterocycles.